The van der Waals surface area contributed by atoms with E-state index < -0.39 is 0 Å². The van der Waals surface area contributed by atoms with E-state index in [1.807, 2.05) is 6.07 Å². The molecular weight excluding hydrogens is 667 g/mol. The average Bonchev–Trinajstić information content (AvgIpc) is 3.66. The van der Waals surface area contributed by atoms with Crippen molar-refractivity contribution in [3.8, 4) is 56.2 Å². The average molecular weight is 700 g/mol. The number of pyridine rings is 2. The van der Waals surface area contributed by atoms with E-state index in [0.29, 0.717) is 0 Å². The number of nitrogens with zero attached hydrogens (tertiary/aromatic N) is 3. The van der Waals surface area contributed by atoms with E-state index in [2.05, 4.69) is 199 Å². The first-order valence-electron chi connectivity index (χ1n) is 18.7. The highest BCUT2D eigenvalue weighted by atomic mass is 15.0. The topological polar surface area (TPSA) is 30.2 Å². The van der Waals surface area contributed by atoms with Gasteiger partial charge in [-0.3, -0.25) is 4.40 Å². The predicted molar refractivity (Wildman–Crippen MR) is 230 cm³/mol. The van der Waals surface area contributed by atoms with Gasteiger partial charge in [0.2, 0.25) is 0 Å². The smallest absolute Gasteiger partial charge is 0.137 e. The van der Waals surface area contributed by atoms with Gasteiger partial charge in [-0.2, -0.15) is 0 Å². The van der Waals surface area contributed by atoms with E-state index in [0.717, 1.165) is 56.2 Å². The predicted octanol–water partition coefficient (Wildman–Crippen LogP) is 13.7. The van der Waals surface area contributed by atoms with E-state index in [4.69, 9.17) is 9.97 Å². The third kappa shape index (κ3) is 5.20. The van der Waals surface area contributed by atoms with E-state index in [1.54, 1.807) is 0 Å². The van der Waals surface area contributed by atoms with Crippen molar-refractivity contribution in [2.45, 2.75) is 0 Å². The molecule has 0 fully saturated rings. The summed E-state index contributed by atoms with van der Waals surface area (Å²) >= 11 is 0. The first-order valence-corrected chi connectivity index (χ1v) is 18.7. The summed E-state index contributed by atoms with van der Waals surface area (Å²) in [6.45, 7) is 0. The van der Waals surface area contributed by atoms with Crippen molar-refractivity contribution in [1.82, 2.24) is 14.4 Å². The zero-order valence-electron chi connectivity index (χ0n) is 29.9. The summed E-state index contributed by atoms with van der Waals surface area (Å²) in [7, 11) is 0. The van der Waals surface area contributed by atoms with Gasteiger partial charge in [0.15, 0.2) is 0 Å². The third-order valence-electron chi connectivity index (χ3n) is 11.0. The van der Waals surface area contributed by atoms with Crippen LogP contribution in [0, 0.1) is 0 Å². The minimum Gasteiger partial charge on any atom is -0.299 e. The van der Waals surface area contributed by atoms with Crippen LogP contribution in [0.15, 0.2) is 200 Å². The van der Waals surface area contributed by atoms with Gasteiger partial charge in [-0.15, -0.1) is 0 Å². The molecule has 55 heavy (non-hydrogen) atoms. The summed E-state index contributed by atoms with van der Waals surface area (Å²) in [6, 6.07) is 69.5. The van der Waals surface area contributed by atoms with Crippen LogP contribution in [0.1, 0.15) is 0 Å². The second-order valence-electron chi connectivity index (χ2n) is 14.2. The lowest BCUT2D eigenvalue weighted by Crippen LogP contribution is -1.94. The summed E-state index contributed by atoms with van der Waals surface area (Å²) in [5.41, 5.74) is 11.5. The van der Waals surface area contributed by atoms with E-state index in [9.17, 15) is 0 Å². The molecule has 3 heteroatoms. The summed E-state index contributed by atoms with van der Waals surface area (Å²) in [6.07, 6.45) is 2.09. The highest BCUT2D eigenvalue weighted by Crippen LogP contribution is 2.41. The standard InChI is InChI=1S/C52H33N3/c1-2-14-36(15-3-1)52-51(54-50-24-12-13-29-55(50)52)35-27-25-34(26-28-35)48-32-39(46-30-37-16-4-6-18-40(37)42-20-8-10-22-44(42)46)33-49(53-48)47-31-38-17-5-7-19-41(38)43-21-9-11-23-45(43)47/h1-33H. The molecule has 0 aliphatic rings. The van der Waals surface area contributed by atoms with Crippen LogP contribution in [0.5, 0.6) is 0 Å². The van der Waals surface area contributed by atoms with Crippen LogP contribution < -0.4 is 0 Å². The molecule has 3 nitrogen and oxygen atoms in total. The van der Waals surface area contributed by atoms with Crippen LogP contribution in [0.25, 0.3) is 105 Å². The van der Waals surface area contributed by atoms with Gasteiger partial charge in [-0.05, 0) is 90.6 Å². The van der Waals surface area contributed by atoms with Gasteiger partial charge in [0.25, 0.3) is 0 Å². The van der Waals surface area contributed by atoms with Gasteiger partial charge >= 0.3 is 0 Å². The first kappa shape index (κ1) is 31.2. The second-order valence-corrected chi connectivity index (χ2v) is 14.2. The van der Waals surface area contributed by atoms with Gasteiger partial charge in [0.1, 0.15) is 5.65 Å². The third-order valence-corrected chi connectivity index (χ3v) is 11.0. The summed E-state index contributed by atoms with van der Waals surface area (Å²) < 4.78 is 2.18. The van der Waals surface area contributed by atoms with Crippen molar-refractivity contribution in [3.05, 3.63) is 200 Å². The molecule has 3 heterocycles. The van der Waals surface area contributed by atoms with Gasteiger partial charge in [-0.1, -0.05) is 158 Å². The lowest BCUT2D eigenvalue weighted by atomic mass is 9.90. The Hall–Kier alpha value is -7.36. The van der Waals surface area contributed by atoms with Crippen LogP contribution in [-0.2, 0) is 0 Å². The van der Waals surface area contributed by atoms with Crippen LogP contribution in [0.2, 0.25) is 0 Å². The van der Waals surface area contributed by atoms with Gasteiger partial charge in [-0.25, -0.2) is 9.97 Å². The van der Waals surface area contributed by atoms with Crippen molar-refractivity contribution in [2.24, 2.45) is 0 Å². The Morgan fingerprint density at radius 2 is 0.855 bits per heavy atom. The second kappa shape index (κ2) is 12.6. The Labute approximate surface area is 318 Å². The summed E-state index contributed by atoms with van der Waals surface area (Å²) in [5.74, 6) is 0. The highest BCUT2D eigenvalue weighted by molar-refractivity contribution is 6.15. The number of hydrogen-bond donors (Lipinski definition) is 0. The number of hydrogen-bond acceptors (Lipinski definition) is 2. The number of fused-ring (bicyclic) bond motifs is 7. The minimum atomic E-state index is 0.921. The van der Waals surface area contributed by atoms with Crippen LogP contribution >= 0.6 is 0 Å². The molecule has 0 unspecified atom stereocenters. The van der Waals surface area contributed by atoms with Crippen molar-refractivity contribution >= 4 is 48.7 Å². The van der Waals surface area contributed by atoms with E-state index >= 15 is 0 Å². The maximum absolute atomic E-state index is 5.48. The molecule has 11 aromatic rings. The van der Waals surface area contributed by atoms with Crippen LogP contribution in [0.4, 0.5) is 0 Å². The lowest BCUT2D eigenvalue weighted by Gasteiger charge is -2.16. The molecule has 0 aliphatic heterocycles. The molecule has 11 rings (SSSR count). The number of benzene rings is 8. The molecule has 8 aromatic carbocycles. The zero-order valence-corrected chi connectivity index (χ0v) is 29.9. The zero-order chi connectivity index (χ0) is 36.3. The van der Waals surface area contributed by atoms with Gasteiger partial charge < -0.3 is 0 Å². The number of rotatable bonds is 5. The molecule has 0 spiro atoms. The normalized spacial score (nSPS) is 11.6. The molecular formula is C52H33N3. The molecule has 256 valence electrons. The maximum atomic E-state index is 5.48. The van der Waals surface area contributed by atoms with E-state index in [1.165, 1.54) is 48.7 Å². The fourth-order valence-electron chi connectivity index (χ4n) is 8.40. The van der Waals surface area contributed by atoms with Gasteiger partial charge in [0, 0.05) is 28.5 Å². The number of imidazole rings is 1. The van der Waals surface area contributed by atoms with Crippen molar-refractivity contribution in [2.75, 3.05) is 0 Å². The SMILES string of the molecule is c1ccc(-c2c(-c3ccc(-c4cc(-c5cc6ccccc6c6ccccc56)cc(-c5cc6ccccc6c6ccccc56)n4)cc3)nc3ccccn23)cc1. The highest BCUT2D eigenvalue weighted by Gasteiger charge is 2.18. The van der Waals surface area contributed by atoms with Crippen molar-refractivity contribution < 1.29 is 0 Å². The Morgan fingerprint density at radius 3 is 1.55 bits per heavy atom. The summed E-state index contributed by atoms with van der Waals surface area (Å²) in [4.78, 5) is 10.6. The Kier molecular flexibility index (Phi) is 7.17. The lowest BCUT2D eigenvalue weighted by molar-refractivity contribution is 1.19. The fraction of sp³-hybridized carbons (Fsp3) is 0. The molecule has 0 amide bonds. The van der Waals surface area contributed by atoms with Crippen LogP contribution in [-0.4, -0.2) is 14.4 Å². The molecule has 0 saturated heterocycles. The molecule has 3 aromatic heterocycles. The molecule has 0 saturated carbocycles. The summed E-state index contributed by atoms with van der Waals surface area (Å²) in [5, 5.41) is 9.82. The minimum absolute atomic E-state index is 0.921. The molecule has 0 atom stereocenters. The number of aromatic nitrogens is 3. The largest absolute Gasteiger partial charge is 0.299 e. The van der Waals surface area contributed by atoms with Crippen molar-refractivity contribution in [1.29, 1.82) is 0 Å². The van der Waals surface area contributed by atoms with Crippen LogP contribution in [0.3, 0.4) is 0 Å². The Bertz CT molecular complexity index is 3110. The monoisotopic (exact) mass is 699 g/mol. The van der Waals surface area contributed by atoms with Crippen molar-refractivity contribution in [3.63, 3.8) is 0 Å². The maximum Gasteiger partial charge on any atom is 0.137 e. The quantitative estimate of drug-likeness (QED) is 0.167. The first-order chi connectivity index (χ1) is 27.3. The molecule has 0 N–H and O–H groups in total. The van der Waals surface area contributed by atoms with E-state index in [-0.39, 0.29) is 0 Å². The molecule has 0 bridgehead atoms. The Morgan fingerprint density at radius 1 is 0.327 bits per heavy atom. The Balaban J connectivity index is 1.14. The van der Waals surface area contributed by atoms with Gasteiger partial charge in [0.05, 0.1) is 22.8 Å². The molecule has 0 radical (unpaired) electrons. The fourth-order valence-corrected chi connectivity index (χ4v) is 8.40. The molecule has 0 aliphatic carbocycles.